The fraction of sp³-hybridized carbons (Fsp3) is 0.381. The van der Waals surface area contributed by atoms with Crippen molar-refractivity contribution in [3.8, 4) is 0 Å². The molecule has 0 unspecified atom stereocenters. The number of aryl methyl sites for hydroxylation is 3. The minimum Gasteiger partial charge on any atom is -0.383 e. The average molecular weight is 457 g/mol. The molecular weight excluding hydrogens is 432 g/mol. The van der Waals surface area contributed by atoms with Gasteiger partial charge in [-0.3, -0.25) is 18.7 Å². The van der Waals surface area contributed by atoms with Crippen molar-refractivity contribution in [2.75, 3.05) is 13.7 Å². The number of carbonyl (C=O) groups is 1. The predicted molar refractivity (Wildman–Crippen MR) is 122 cm³/mol. The summed E-state index contributed by atoms with van der Waals surface area (Å²) in [5, 5.41) is 0. The Morgan fingerprint density at radius 3 is 2.59 bits per heavy atom. The molecule has 0 bridgehead atoms. The third kappa shape index (κ3) is 3.63. The van der Waals surface area contributed by atoms with Crippen LogP contribution in [-0.2, 0) is 36.7 Å². The van der Waals surface area contributed by atoms with Gasteiger partial charge in [-0.1, -0.05) is 11.3 Å². The van der Waals surface area contributed by atoms with Crippen LogP contribution in [0.4, 0.5) is 0 Å². The summed E-state index contributed by atoms with van der Waals surface area (Å²) in [6.45, 7) is 4.97. The van der Waals surface area contributed by atoms with Crippen LogP contribution in [0.25, 0.3) is 21.4 Å². The minimum atomic E-state index is -0.503. The van der Waals surface area contributed by atoms with Crippen LogP contribution in [0.5, 0.6) is 0 Å². The van der Waals surface area contributed by atoms with E-state index in [1.807, 2.05) is 18.4 Å². The molecule has 0 spiro atoms. The fourth-order valence-electron chi connectivity index (χ4n) is 3.61. The van der Waals surface area contributed by atoms with Crippen molar-refractivity contribution in [2.45, 2.75) is 26.9 Å². The summed E-state index contributed by atoms with van der Waals surface area (Å²) in [4.78, 5) is 46.7. The Labute approximate surface area is 186 Å². The van der Waals surface area contributed by atoms with Gasteiger partial charge in [-0.2, -0.15) is 4.99 Å². The van der Waals surface area contributed by atoms with Gasteiger partial charge in [-0.15, -0.1) is 0 Å². The first-order valence-electron chi connectivity index (χ1n) is 10.0. The monoisotopic (exact) mass is 456 g/mol. The molecule has 11 heteroatoms. The van der Waals surface area contributed by atoms with Crippen molar-refractivity contribution >= 4 is 38.6 Å². The molecule has 1 amide bonds. The zero-order valence-corrected chi connectivity index (χ0v) is 19.4. The molecule has 168 valence electrons. The first-order chi connectivity index (χ1) is 15.2. The third-order valence-electron chi connectivity index (χ3n) is 5.56. The lowest BCUT2D eigenvalue weighted by Gasteiger charge is -2.06. The molecule has 0 radical (unpaired) electrons. The molecule has 0 N–H and O–H groups in total. The van der Waals surface area contributed by atoms with Gasteiger partial charge in [-0.25, -0.2) is 9.78 Å². The Morgan fingerprint density at radius 1 is 1.16 bits per heavy atom. The molecule has 10 nitrogen and oxygen atoms in total. The quantitative estimate of drug-likeness (QED) is 0.443. The molecule has 0 aliphatic carbocycles. The van der Waals surface area contributed by atoms with Gasteiger partial charge in [0, 0.05) is 27.7 Å². The van der Waals surface area contributed by atoms with Crippen LogP contribution in [0.1, 0.15) is 11.1 Å². The second kappa shape index (κ2) is 8.32. The molecule has 3 heterocycles. The van der Waals surface area contributed by atoms with Gasteiger partial charge in [0.25, 0.3) is 11.5 Å². The van der Waals surface area contributed by atoms with Gasteiger partial charge in [0.05, 0.1) is 23.2 Å². The number of benzene rings is 1. The predicted octanol–water partition coefficient (Wildman–Crippen LogP) is 0.841. The number of aromatic nitrogens is 5. The van der Waals surface area contributed by atoms with E-state index < -0.39 is 17.2 Å². The SMILES string of the molecule is COCCn1c(=NC(=O)Cn2cnc3c2c(=O)n(C)c(=O)n3C)sc2cc(C)c(C)cc21. The standard InChI is InChI=1S/C21H24N6O4S/c1-12-8-14-15(9-13(12)2)32-20(27(14)6-7-31-5)23-16(28)10-26-11-22-18-17(26)19(29)25(4)21(30)24(18)3/h8-9,11H,6-7,10H2,1-5H3. The van der Waals surface area contributed by atoms with Gasteiger partial charge in [-0.05, 0) is 37.1 Å². The highest BCUT2D eigenvalue weighted by atomic mass is 32.1. The highest BCUT2D eigenvalue weighted by Gasteiger charge is 2.16. The summed E-state index contributed by atoms with van der Waals surface area (Å²) in [7, 11) is 4.56. The maximum absolute atomic E-state index is 12.9. The van der Waals surface area contributed by atoms with Gasteiger partial charge in [0.2, 0.25) is 0 Å². The first kappa shape index (κ1) is 21.9. The van der Waals surface area contributed by atoms with Crippen molar-refractivity contribution in [3.63, 3.8) is 0 Å². The molecule has 4 rings (SSSR count). The summed E-state index contributed by atoms with van der Waals surface area (Å²) >= 11 is 1.44. The smallest absolute Gasteiger partial charge is 0.332 e. The van der Waals surface area contributed by atoms with Crippen LogP contribution in [0.2, 0.25) is 0 Å². The average Bonchev–Trinajstić information content (AvgIpc) is 3.30. The lowest BCUT2D eigenvalue weighted by atomic mass is 10.1. The largest absolute Gasteiger partial charge is 0.383 e. The summed E-state index contributed by atoms with van der Waals surface area (Å²) in [5.41, 5.74) is 2.77. The van der Waals surface area contributed by atoms with Crippen LogP contribution in [0.15, 0.2) is 33.0 Å². The Balaban J connectivity index is 1.79. The van der Waals surface area contributed by atoms with E-state index in [1.54, 1.807) is 7.11 Å². The number of nitrogens with zero attached hydrogens (tertiary/aromatic N) is 6. The minimum absolute atomic E-state index is 0.166. The second-order valence-electron chi connectivity index (χ2n) is 7.69. The van der Waals surface area contributed by atoms with E-state index in [9.17, 15) is 14.4 Å². The number of methoxy groups -OCH3 is 1. The number of carbonyl (C=O) groups excluding carboxylic acids is 1. The van der Waals surface area contributed by atoms with Crippen molar-refractivity contribution in [2.24, 2.45) is 19.1 Å². The van der Waals surface area contributed by atoms with Crippen LogP contribution in [0.3, 0.4) is 0 Å². The van der Waals surface area contributed by atoms with Gasteiger partial charge in [0.15, 0.2) is 16.0 Å². The number of hydrogen-bond donors (Lipinski definition) is 0. The Morgan fingerprint density at radius 2 is 1.88 bits per heavy atom. The number of amides is 1. The van der Waals surface area contributed by atoms with E-state index in [1.165, 1.54) is 46.5 Å². The molecule has 0 aliphatic rings. The molecule has 0 fully saturated rings. The summed E-state index contributed by atoms with van der Waals surface area (Å²) in [6, 6.07) is 4.18. The maximum atomic E-state index is 12.9. The van der Waals surface area contributed by atoms with Gasteiger partial charge in [0.1, 0.15) is 6.54 Å². The van der Waals surface area contributed by atoms with Crippen molar-refractivity contribution in [1.29, 1.82) is 0 Å². The van der Waals surface area contributed by atoms with Crippen molar-refractivity contribution in [1.82, 2.24) is 23.3 Å². The molecule has 0 saturated carbocycles. The van der Waals surface area contributed by atoms with E-state index in [0.717, 1.165) is 20.3 Å². The van der Waals surface area contributed by atoms with E-state index in [4.69, 9.17) is 4.74 Å². The Bertz CT molecular complexity index is 1550. The van der Waals surface area contributed by atoms with Gasteiger partial charge >= 0.3 is 5.69 Å². The summed E-state index contributed by atoms with van der Waals surface area (Å²) in [5.74, 6) is -0.425. The number of thiazole rings is 1. The number of fused-ring (bicyclic) bond motifs is 2. The van der Waals surface area contributed by atoms with E-state index >= 15 is 0 Å². The lowest BCUT2D eigenvalue weighted by Crippen LogP contribution is -2.37. The second-order valence-corrected chi connectivity index (χ2v) is 8.70. The Kier molecular flexibility index (Phi) is 5.70. The molecule has 0 saturated heterocycles. The number of hydrogen-bond acceptors (Lipinski definition) is 6. The van der Waals surface area contributed by atoms with Crippen molar-refractivity contribution in [3.05, 3.63) is 55.2 Å². The molecule has 0 aliphatic heterocycles. The first-order valence-corrected chi connectivity index (χ1v) is 10.8. The highest BCUT2D eigenvalue weighted by molar-refractivity contribution is 7.16. The number of rotatable bonds is 5. The van der Waals surface area contributed by atoms with Crippen molar-refractivity contribution < 1.29 is 9.53 Å². The zero-order valence-electron chi connectivity index (χ0n) is 18.6. The molecule has 3 aromatic heterocycles. The van der Waals surface area contributed by atoms with Crippen LogP contribution in [-0.4, -0.2) is 42.9 Å². The Hall–Kier alpha value is -3.31. The van der Waals surface area contributed by atoms with Crippen LogP contribution < -0.4 is 16.1 Å². The fourth-order valence-corrected chi connectivity index (χ4v) is 4.76. The molecular formula is C21H24N6O4S. The normalized spacial score (nSPS) is 12.3. The molecule has 1 aromatic carbocycles. The van der Waals surface area contributed by atoms with Crippen LogP contribution in [0, 0.1) is 13.8 Å². The molecule has 32 heavy (non-hydrogen) atoms. The maximum Gasteiger partial charge on any atom is 0.332 e. The number of imidazole rings is 1. The lowest BCUT2D eigenvalue weighted by molar-refractivity contribution is -0.118. The van der Waals surface area contributed by atoms with Crippen LogP contribution >= 0.6 is 11.3 Å². The number of ether oxygens (including phenoxy) is 1. The summed E-state index contributed by atoms with van der Waals surface area (Å²) in [6.07, 6.45) is 1.38. The summed E-state index contributed by atoms with van der Waals surface area (Å²) < 4.78 is 12.0. The third-order valence-corrected chi connectivity index (χ3v) is 6.60. The van der Waals surface area contributed by atoms with E-state index in [0.29, 0.717) is 18.0 Å². The topological polar surface area (TPSA) is 105 Å². The molecule has 4 aromatic rings. The molecule has 0 atom stereocenters. The van der Waals surface area contributed by atoms with Gasteiger partial charge < -0.3 is 13.9 Å². The zero-order chi connectivity index (χ0) is 23.2. The van der Waals surface area contributed by atoms with E-state index in [2.05, 4.69) is 22.1 Å². The highest BCUT2D eigenvalue weighted by Crippen LogP contribution is 2.22. The van der Waals surface area contributed by atoms with E-state index in [-0.39, 0.29) is 17.7 Å².